The Morgan fingerprint density at radius 1 is 1.16 bits per heavy atom. The summed E-state index contributed by atoms with van der Waals surface area (Å²) in [6, 6.07) is 9.04. The Kier molecular flexibility index (Phi) is 7.32. The Morgan fingerprint density at radius 3 is 2.71 bits per heavy atom. The number of carbonyl (C=O) groups excluding carboxylic acids is 1. The van der Waals surface area contributed by atoms with Crippen LogP contribution in [0, 0.1) is 0 Å². The standard InChI is InChI=1S/C22H23ClN6OS/c23-17-7-9-18(10-8-17)29-19(15-31-22-25-12-4-13-26-22)20(27-28-29)21(30)24-14-11-16-5-2-1-3-6-16/h4-5,7-10,12-13H,1-3,6,11,14-15H2,(H,24,30). The number of nitrogens with one attached hydrogen (secondary N) is 1. The third-order valence-corrected chi connectivity index (χ3v) is 6.18. The lowest BCUT2D eigenvalue weighted by Crippen LogP contribution is -2.26. The van der Waals surface area contributed by atoms with Crippen LogP contribution in [0.3, 0.4) is 0 Å². The second kappa shape index (κ2) is 10.5. The molecule has 0 atom stereocenters. The third-order valence-electron chi connectivity index (χ3n) is 5.05. The van der Waals surface area contributed by atoms with Gasteiger partial charge < -0.3 is 5.32 Å². The second-order valence-electron chi connectivity index (χ2n) is 7.21. The van der Waals surface area contributed by atoms with Crippen molar-refractivity contribution in [2.45, 2.75) is 43.0 Å². The molecule has 1 aliphatic rings. The molecule has 2 heterocycles. The smallest absolute Gasteiger partial charge is 0.273 e. The number of rotatable bonds is 8. The zero-order chi connectivity index (χ0) is 21.5. The summed E-state index contributed by atoms with van der Waals surface area (Å²) in [7, 11) is 0. The van der Waals surface area contributed by atoms with Gasteiger partial charge in [-0.25, -0.2) is 14.6 Å². The van der Waals surface area contributed by atoms with E-state index in [1.54, 1.807) is 35.3 Å². The molecular weight excluding hydrogens is 432 g/mol. The summed E-state index contributed by atoms with van der Waals surface area (Å²) in [5.74, 6) is 0.231. The number of nitrogens with zero attached hydrogens (tertiary/aromatic N) is 5. The highest BCUT2D eigenvalue weighted by molar-refractivity contribution is 7.98. The van der Waals surface area contributed by atoms with Crippen molar-refractivity contribution in [2.75, 3.05) is 6.54 Å². The van der Waals surface area contributed by atoms with Gasteiger partial charge in [0.05, 0.1) is 11.4 Å². The van der Waals surface area contributed by atoms with Crippen LogP contribution >= 0.6 is 23.4 Å². The number of thioether (sulfide) groups is 1. The summed E-state index contributed by atoms with van der Waals surface area (Å²) < 4.78 is 1.67. The lowest BCUT2D eigenvalue weighted by Gasteiger charge is -2.13. The number of hydrogen-bond acceptors (Lipinski definition) is 6. The number of hydrogen-bond donors (Lipinski definition) is 1. The normalized spacial score (nSPS) is 13.6. The van der Waals surface area contributed by atoms with Crippen molar-refractivity contribution in [3.63, 3.8) is 0 Å². The van der Waals surface area contributed by atoms with E-state index in [2.05, 4.69) is 31.7 Å². The van der Waals surface area contributed by atoms with E-state index >= 15 is 0 Å². The maximum atomic E-state index is 12.9. The van der Waals surface area contributed by atoms with Crippen LogP contribution in [0.25, 0.3) is 5.69 Å². The number of aromatic nitrogens is 5. The van der Waals surface area contributed by atoms with E-state index in [-0.39, 0.29) is 5.91 Å². The topological polar surface area (TPSA) is 85.6 Å². The number of carbonyl (C=O) groups is 1. The lowest BCUT2D eigenvalue weighted by atomic mass is 9.97. The molecule has 0 radical (unpaired) electrons. The van der Waals surface area contributed by atoms with Crippen molar-refractivity contribution < 1.29 is 4.79 Å². The molecule has 1 amide bonds. The molecule has 2 aromatic heterocycles. The molecule has 0 fully saturated rings. The van der Waals surface area contributed by atoms with Gasteiger partial charge in [-0.1, -0.05) is 40.2 Å². The Bertz CT molecular complexity index is 1050. The van der Waals surface area contributed by atoms with E-state index in [1.165, 1.54) is 30.2 Å². The molecule has 7 nitrogen and oxygen atoms in total. The molecule has 0 bridgehead atoms. The Hall–Kier alpha value is -2.71. The van der Waals surface area contributed by atoms with E-state index in [4.69, 9.17) is 11.6 Å². The Morgan fingerprint density at radius 2 is 1.97 bits per heavy atom. The molecule has 0 saturated heterocycles. The van der Waals surface area contributed by atoms with Gasteiger partial charge in [0.2, 0.25) is 0 Å². The third kappa shape index (κ3) is 5.71. The number of amides is 1. The molecule has 0 unspecified atom stereocenters. The predicted molar refractivity (Wildman–Crippen MR) is 121 cm³/mol. The zero-order valence-corrected chi connectivity index (χ0v) is 18.6. The van der Waals surface area contributed by atoms with Gasteiger partial charge in [-0.2, -0.15) is 0 Å². The van der Waals surface area contributed by atoms with Crippen LogP contribution in [0.4, 0.5) is 0 Å². The molecule has 9 heteroatoms. The van der Waals surface area contributed by atoms with Gasteiger partial charge in [0.1, 0.15) is 0 Å². The first kappa shape index (κ1) is 21.5. The quantitative estimate of drug-likeness (QED) is 0.303. The van der Waals surface area contributed by atoms with Gasteiger partial charge in [-0.05, 0) is 62.4 Å². The van der Waals surface area contributed by atoms with Crippen LogP contribution in [-0.2, 0) is 5.75 Å². The van der Waals surface area contributed by atoms with E-state index in [0.29, 0.717) is 33.9 Å². The first-order valence-corrected chi connectivity index (χ1v) is 11.6. The molecular formula is C22H23ClN6OS. The van der Waals surface area contributed by atoms with Gasteiger partial charge >= 0.3 is 0 Å². The van der Waals surface area contributed by atoms with Gasteiger partial charge in [0.25, 0.3) is 5.91 Å². The van der Waals surface area contributed by atoms with E-state index in [9.17, 15) is 4.79 Å². The fourth-order valence-electron chi connectivity index (χ4n) is 3.44. The van der Waals surface area contributed by atoms with Gasteiger partial charge in [0, 0.05) is 29.7 Å². The zero-order valence-electron chi connectivity index (χ0n) is 17.0. The summed E-state index contributed by atoms with van der Waals surface area (Å²) in [5, 5.41) is 12.7. The molecule has 0 saturated carbocycles. The van der Waals surface area contributed by atoms with Crippen LogP contribution in [0.15, 0.2) is 59.5 Å². The molecule has 0 spiro atoms. The summed E-state index contributed by atoms with van der Waals surface area (Å²) in [6.07, 6.45) is 11.3. The average Bonchev–Trinajstić information content (AvgIpc) is 3.23. The minimum absolute atomic E-state index is 0.221. The van der Waals surface area contributed by atoms with Crippen molar-refractivity contribution >= 4 is 29.3 Å². The highest BCUT2D eigenvalue weighted by atomic mass is 35.5. The van der Waals surface area contributed by atoms with Crippen LogP contribution in [0.2, 0.25) is 5.02 Å². The van der Waals surface area contributed by atoms with Gasteiger partial charge in [-0.15, -0.1) is 5.10 Å². The number of allylic oxidation sites excluding steroid dienone is 1. The summed E-state index contributed by atoms with van der Waals surface area (Å²) >= 11 is 7.45. The second-order valence-corrected chi connectivity index (χ2v) is 8.59. The maximum absolute atomic E-state index is 12.9. The van der Waals surface area contributed by atoms with E-state index < -0.39 is 0 Å². The fraction of sp³-hybridized carbons (Fsp3) is 0.318. The van der Waals surface area contributed by atoms with Crippen molar-refractivity contribution in [1.82, 2.24) is 30.3 Å². The van der Waals surface area contributed by atoms with Crippen LogP contribution in [0.5, 0.6) is 0 Å². The summed E-state index contributed by atoms with van der Waals surface area (Å²) in [4.78, 5) is 21.4. The molecule has 4 rings (SSSR count). The van der Waals surface area contributed by atoms with Crippen molar-refractivity contribution in [2.24, 2.45) is 0 Å². The highest BCUT2D eigenvalue weighted by Crippen LogP contribution is 2.24. The monoisotopic (exact) mass is 454 g/mol. The fourth-order valence-corrected chi connectivity index (χ4v) is 4.36. The van der Waals surface area contributed by atoms with Crippen molar-refractivity contribution in [3.05, 3.63) is 70.8 Å². The van der Waals surface area contributed by atoms with Gasteiger partial charge in [-0.3, -0.25) is 4.79 Å². The minimum Gasteiger partial charge on any atom is -0.350 e. The number of halogens is 1. The molecule has 3 aromatic rings. The molecule has 0 aliphatic heterocycles. The lowest BCUT2D eigenvalue weighted by molar-refractivity contribution is 0.0948. The Labute approximate surface area is 190 Å². The predicted octanol–water partition coefficient (Wildman–Crippen LogP) is 4.62. The molecule has 160 valence electrons. The van der Waals surface area contributed by atoms with E-state index in [1.807, 2.05) is 12.1 Å². The number of benzene rings is 1. The Balaban J connectivity index is 1.51. The average molecular weight is 455 g/mol. The maximum Gasteiger partial charge on any atom is 0.273 e. The first-order valence-electron chi connectivity index (χ1n) is 10.3. The summed E-state index contributed by atoms with van der Waals surface area (Å²) in [5.41, 5.74) is 3.21. The van der Waals surface area contributed by atoms with Crippen molar-refractivity contribution in [3.8, 4) is 5.69 Å². The van der Waals surface area contributed by atoms with Crippen molar-refractivity contribution in [1.29, 1.82) is 0 Å². The van der Waals surface area contributed by atoms with Crippen LogP contribution in [-0.4, -0.2) is 37.4 Å². The van der Waals surface area contributed by atoms with E-state index in [0.717, 1.165) is 24.9 Å². The molecule has 1 aromatic carbocycles. The largest absolute Gasteiger partial charge is 0.350 e. The molecule has 1 aliphatic carbocycles. The highest BCUT2D eigenvalue weighted by Gasteiger charge is 2.21. The van der Waals surface area contributed by atoms with Gasteiger partial charge in [0.15, 0.2) is 10.9 Å². The molecule has 1 N–H and O–H groups in total. The SMILES string of the molecule is O=C(NCCC1=CCCCC1)c1nnn(-c2ccc(Cl)cc2)c1CSc1ncccn1. The minimum atomic E-state index is -0.221. The van der Waals surface area contributed by atoms with Crippen LogP contribution < -0.4 is 5.32 Å². The first-order chi connectivity index (χ1) is 15.2. The molecule has 31 heavy (non-hydrogen) atoms. The van der Waals surface area contributed by atoms with Crippen LogP contribution in [0.1, 0.15) is 48.3 Å². The summed E-state index contributed by atoms with van der Waals surface area (Å²) in [6.45, 7) is 0.590.